The van der Waals surface area contributed by atoms with Crippen LogP contribution in [0.25, 0.3) is 0 Å². The molecule has 0 saturated carbocycles. The first-order chi connectivity index (χ1) is 10.8. The zero-order valence-corrected chi connectivity index (χ0v) is 14.3. The van der Waals surface area contributed by atoms with Crippen LogP contribution in [0, 0.1) is 27.2 Å². The molecule has 1 rings (SSSR count). The van der Waals surface area contributed by atoms with Gasteiger partial charge in [-0.2, -0.15) is 0 Å². The Hall–Kier alpha value is -2.16. The minimum absolute atomic E-state index is 0.0846. The fourth-order valence-electron chi connectivity index (χ4n) is 2.07. The van der Waals surface area contributed by atoms with Gasteiger partial charge in [0.1, 0.15) is 0 Å². The first kappa shape index (κ1) is 18.9. The fraction of sp³-hybridized carbons (Fsp3) is 0.500. The highest BCUT2D eigenvalue weighted by atomic mass is 32.2. The maximum Gasteiger partial charge on any atom is 0.299 e. The molecule has 1 aromatic rings. The second-order valence-electron chi connectivity index (χ2n) is 4.80. The Morgan fingerprint density at radius 2 is 1.78 bits per heavy atom. The largest absolute Gasteiger partial charge is 0.365 e. The van der Waals surface area contributed by atoms with E-state index in [4.69, 9.17) is 0 Å². The van der Waals surface area contributed by atoms with Gasteiger partial charge in [0.25, 0.3) is 11.4 Å². The van der Waals surface area contributed by atoms with Gasteiger partial charge in [0, 0.05) is 18.7 Å². The molecule has 8 nitrogen and oxygen atoms in total. The van der Waals surface area contributed by atoms with E-state index in [9.17, 15) is 20.2 Å². The molecule has 0 aliphatic carbocycles. The van der Waals surface area contributed by atoms with Crippen LogP contribution in [0.3, 0.4) is 0 Å². The Bertz CT molecular complexity index is 598. The molecule has 126 valence electrons. The molecule has 0 spiro atoms. The van der Waals surface area contributed by atoms with Gasteiger partial charge in [-0.1, -0.05) is 6.92 Å². The molecule has 0 aromatic heterocycles. The molecular weight excluding hydrogens is 320 g/mol. The van der Waals surface area contributed by atoms with Crippen LogP contribution in [0.1, 0.15) is 26.3 Å². The van der Waals surface area contributed by atoms with Crippen molar-refractivity contribution in [3.05, 3.63) is 37.9 Å². The van der Waals surface area contributed by atoms with Gasteiger partial charge in [-0.15, -0.1) is 11.8 Å². The van der Waals surface area contributed by atoms with Crippen molar-refractivity contribution in [2.75, 3.05) is 17.6 Å². The smallest absolute Gasteiger partial charge is 0.299 e. The van der Waals surface area contributed by atoms with Crippen molar-refractivity contribution >= 4 is 33.9 Å². The number of benzene rings is 1. The third-order valence-corrected chi connectivity index (χ3v) is 4.04. The Kier molecular flexibility index (Phi) is 6.95. The van der Waals surface area contributed by atoms with E-state index in [1.54, 1.807) is 13.8 Å². The standard InChI is InChI=1S/C14H20N4O4S/c1-5-15-14(23-6-2)10(4)16-13-11(17(19)20)7-9(3)8-12(13)18(21)22/h7-8,10,16H,5-6H2,1-4H3/b15-14+. The lowest BCUT2D eigenvalue weighted by Gasteiger charge is -2.17. The SMILES string of the molecule is CC/N=C(/SCC)C(C)Nc1c([N+](=O)[O-])cc(C)cc1[N+](=O)[O-]. The summed E-state index contributed by atoms with van der Waals surface area (Å²) in [5.41, 5.74) is -0.229. The molecule has 0 aliphatic heterocycles. The number of thioether (sulfide) groups is 1. The lowest BCUT2D eigenvalue weighted by molar-refractivity contribution is -0.392. The maximum absolute atomic E-state index is 11.3. The van der Waals surface area contributed by atoms with E-state index in [0.717, 1.165) is 10.8 Å². The minimum atomic E-state index is -0.612. The van der Waals surface area contributed by atoms with E-state index in [-0.39, 0.29) is 23.1 Å². The Labute approximate surface area is 138 Å². The number of hydrogen-bond donors (Lipinski definition) is 1. The highest BCUT2D eigenvalue weighted by Crippen LogP contribution is 2.36. The summed E-state index contributed by atoms with van der Waals surface area (Å²) in [7, 11) is 0. The topological polar surface area (TPSA) is 111 Å². The van der Waals surface area contributed by atoms with Gasteiger partial charge >= 0.3 is 0 Å². The predicted molar refractivity (Wildman–Crippen MR) is 93.7 cm³/mol. The summed E-state index contributed by atoms with van der Waals surface area (Å²) in [5, 5.41) is 26.2. The van der Waals surface area contributed by atoms with Gasteiger partial charge in [-0.25, -0.2) is 0 Å². The summed E-state index contributed by atoms with van der Waals surface area (Å²) in [6.45, 7) is 7.81. The summed E-state index contributed by atoms with van der Waals surface area (Å²) in [6.07, 6.45) is 0. The third-order valence-electron chi connectivity index (χ3n) is 2.97. The number of aryl methyl sites for hydroxylation is 1. The van der Waals surface area contributed by atoms with Crippen molar-refractivity contribution in [1.29, 1.82) is 0 Å². The van der Waals surface area contributed by atoms with Crippen molar-refractivity contribution in [2.45, 2.75) is 33.7 Å². The van der Waals surface area contributed by atoms with Crippen LogP contribution in [0.2, 0.25) is 0 Å². The Morgan fingerprint density at radius 3 is 2.17 bits per heavy atom. The lowest BCUT2D eigenvalue weighted by atomic mass is 10.1. The summed E-state index contributed by atoms with van der Waals surface area (Å²) in [4.78, 5) is 25.6. The molecule has 0 radical (unpaired) electrons. The first-order valence-electron chi connectivity index (χ1n) is 7.18. The van der Waals surface area contributed by atoms with Crippen molar-refractivity contribution < 1.29 is 9.85 Å². The lowest BCUT2D eigenvalue weighted by Crippen LogP contribution is -2.25. The number of rotatable bonds is 7. The highest BCUT2D eigenvalue weighted by Gasteiger charge is 2.28. The molecule has 1 atom stereocenters. The van der Waals surface area contributed by atoms with E-state index in [1.165, 1.54) is 23.9 Å². The average Bonchev–Trinajstić information content (AvgIpc) is 2.47. The monoisotopic (exact) mass is 340 g/mol. The number of hydrogen-bond acceptors (Lipinski definition) is 7. The normalized spacial score (nSPS) is 12.8. The molecule has 1 N–H and O–H groups in total. The summed E-state index contributed by atoms with van der Waals surface area (Å²) in [5.74, 6) is 0.795. The van der Waals surface area contributed by atoms with Crippen molar-refractivity contribution in [2.24, 2.45) is 4.99 Å². The molecule has 0 amide bonds. The number of nitro benzene ring substituents is 2. The summed E-state index contributed by atoms with van der Waals surface area (Å²) < 4.78 is 0. The van der Waals surface area contributed by atoms with Crippen LogP contribution in [-0.2, 0) is 0 Å². The van der Waals surface area contributed by atoms with Crippen LogP contribution >= 0.6 is 11.8 Å². The van der Waals surface area contributed by atoms with Gasteiger partial charge < -0.3 is 5.32 Å². The molecule has 0 saturated heterocycles. The van der Waals surface area contributed by atoms with E-state index >= 15 is 0 Å². The quantitative estimate of drug-likeness (QED) is 0.350. The molecule has 1 unspecified atom stereocenters. The number of nitro groups is 2. The molecular formula is C14H20N4O4S. The summed E-state index contributed by atoms with van der Waals surface area (Å²) >= 11 is 1.51. The first-order valence-corrected chi connectivity index (χ1v) is 8.17. The van der Waals surface area contributed by atoms with Crippen LogP contribution in [0.15, 0.2) is 17.1 Å². The number of nitrogens with zero attached hydrogens (tertiary/aromatic N) is 3. The van der Waals surface area contributed by atoms with Gasteiger partial charge in [-0.3, -0.25) is 25.2 Å². The molecule has 0 heterocycles. The number of aliphatic imine (C=N–C) groups is 1. The Morgan fingerprint density at radius 1 is 1.26 bits per heavy atom. The van der Waals surface area contributed by atoms with E-state index < -0.39 is 9.85 Å². The number of anilines is 1. The van der Waals surface area contributed by atoms with Crippen LogP contribution in [-0.4, -0.2) is 33.2 Å². The zero-order chi connectivity index (χ0) is 17.6. The molecule has 1 aromatic carbocycles. The molecule has 0 aliphatic rings. The molecule has 0 bridgehead atoms. The van der Waals surface area contributed by atoms with Crippen molar-refractivity contribution in [3.63, 3.8) is 0 Å². The maximum atomic E-state index is 11.3. The van der Waals surface area contributed by atoms with Gasteiger partial charge in [0.2, 0.25) is 0 Å². The predicted octanol–water partition coefficient (Wildman–Crippen LogP) is 3.78. The molecule has 23 heavy (non-hydrogen) atoms. The van der Waals surface area contributed by atoms with Gasteiger partial charge in [0.05, 0.1) is 20.9 Å². The highest BCUT2D eigenvalue weighted by molar-refractivity contribution is 8.14. The van der Waals surface area contributed by atoms with Gasteiger partial charge in [-0.05, 0) is 32.1 Å². The second-order valence-corrected chi connectivity index (χ2v) is 6.09. The minimum Gasteiger partial charge on any atom is -0.365 e. The van der Waals surface area contributed by atoms with E-state index in [2.05, 4.69) is 10.3 Å². The van der Waals surface area contributed by atoms with Crippen LogP contribution < -0.4 is 5.32 Å². The molecule has 0 fully saturated rings. The number of nitrogens with one attached hydrogen (secondary N) is 1. The summed E-state index contributed by atoms with van der Waals surface area (Å²) in [6, 6.07) is 2.29. The molecule has 9 heteroatoms. The van der Waals surface area contributed by atoms with Crippen molar-refractivity contribution in [1.82, 2.24) is 0 Å². The van der Waals surface area contributed by atoms with E-state index in [0.29, 0.717) is 12.1 Å². The van der Waals surface area contributed by atoms with Crippen LogP contribution in [0.5, 0.6) is 0 Å². The second kappa shape index (κ2) is 8.47. The van der Waals surface area contributed by atoms with Gasteiger partial charge in [0.15, 0.2) is 5.69 Å². The zero-order valence-electron chi connectivity index (χ0n) is 13.5. The van der Waals surface area contributed by atoms with E-state index in [1.807, 2.05) is 13.8 Å². The fourth-order valence-corrected chi connectivity index (χ4v) is 2.90. The van der Waals surface area contributed by atoms with Crippen LogP contribution in [0.4, 0.5) is 17.1 Å². The third kappa shape index (κ3) is 4.92. The van der Waals surface area contributed by atoms with Crippen molar-refractivity contribution in [3.8, 4) is 0 Å². The average molecular weight is 340 g/mol. The Balaban J connectivity index is 3.32.